The molecule has 3 rings (SSSR count). The fourth-order valence-electron chi connectivity index (χ4n) is 3.76. The van der Waals surface area contributed by atoms with E-state index in [1.54, 1.807) is 39.1 Å². The van der Waals surface area contributed by atoms with Gasteiger partial charge in [-0.2, -0.15) is 0 Å². The number of rotatable bonds is 12. The Morgan fingerprint density at radius 1 is 1.17 bits per heavy atom. The SMILES string of the molecule is Cc1cc(CC(=O)N(C)[C@@H](C[C@H](C)O)C(=O)N[C@@H](COCc2ccccc2)c2ccc(Cl)cc2)on1. The molecule has 0 unspecified atom stereocenters. The highest BCUT2D eigenvalue weighted by Crippen LogP contribution is 2.19. The lowest BCUT2D eigenvalue weighted by atomic mass is 10.0. The summed E-state index contributed by atoms with van der Waals surface area (Å²) in [6.45, 7) is 3.94. The molecule has 0 fully saturated rings. The number of halogens is 1. The zero-order chi connectivity index (χ0) is 26.1. The minimum absolute atomic E-state index is 0.0400. The number of hydrogen-bond acceptors (Lipinski definition) is 6. The summed E-state index contributed by atoms with van der Waals surface area (Å²) in [6.07, 6.45) is -0.768. The number of carbonyl (C=O) groups excluding carboxylic acids is 2. The van der Waals surface area contributed by atoms with Crippen LogP contribution >= 0.6 is 11.6 Å². The Balaban J connectivity index is 1.73. The number of nitrogens with zero attached hydrogens (tertiary/aromatic N) is 2. The minimum Gasteiger partial charge on any atom is -0.393 e. The van der Waals surface area contributed by atoms with Crippen molar-refractivity contribution in [1.29, 1.82) is 0 Å². The predicted molar refractivity (Wildman–Crippen MR) is 136 cm³/mol. The zero-order valence-electron chi connectivity index (χ0n) is 20.7. The first-order valence-corrected chi connectivity index (χ1v) is 12.1. The van der Waals surface area contributed by atoms with Crippen molar-refractivity contribution in [2.45, 2.75) is 51.5 Å². The molecule has 2 N–H and O–H groups in total. The molecule has 3 aromatic rings. The van der Waals surface area contributed by atoms with Crippen molar-refractivity contribution in [2.75, 3.05) is 13.7 Å². The number of ether oxygens (including phenoxy) is 1. The molecule has 0 bridgehead atoms. The van der Waals surface area contributed by atoms with Gasteiger partial charge >= 0.3 is 0 Å². The Hall–Kier alpha value is -3.20. The van der Waals surface area contributed by atoms with Crippen molar-refractivity contribution >= 4 is 23.4 Å². The highest BCUT2D eigenvalue weighted by atomic mass is 35.5. The third-order valence-corrected chi connectivity index (χ3v) is 5.97. The molecule has 0 aliphatic rings. The van der Waals surface area contributed by atoms with Crippen LogP contribution in [0, 0.1) is 6.92 Å². The summed E-state index contributed by atoms with van der Waals surface area (Å²) in [5.41, 5.74) is 2.49. The molecule has 192 valence electrons. The molecule has 0 radical (unpaired) electrons. The second kappa shape index (κ2) is 13.2. The van der Waals surface area contributed by atoms with Gasteiger partial charge in [-0.3, -0.25) is 9.59 Å². The molecule has 9 heteroatoms. The number of nitrogens with one attached hydrogen (secondary N) is 1. The van der Waals surface area contributed by atoms with Crippen molar-refractivity contribution in [3.05, 3.63) is 88.3 Å². The molecular formula is C27H32ClN3O5. The zero-order valence-corrected chi connectivity index (χ0v) is 21.4. The molecule has 0 saturated carbocycles. The van der Waals surface area contributed by atoms with Gasteiger partial charge in [0.15, 0.2) is 0 Å². The Morgan fingerprint density at radius 3 is 2.47 bits per heavy atom. The Bertz CT molecular complexity index is 1120. The fraction of sp³-hybridized carbons (Fsp3) is 0.370. The van der Waals surface area contributed by atoms with Gasteiger partial charge in [-0.25, -0.2) is 0 Å². The van der Waals surface area contributed by atoms with E-state index >= 15 is 0 Å². The van der Waals surface area contributed by atoms with Crippen LogP contribution in [0.1, 0.15) is 42.0 Å². The first-order chi connectivity index (χ1) is 17.2. The lowest BCUT2D eigenvalue weighted by Crippen LogP contribution is -2.50. The highest BCUT2D eigenvalue weighted by molar-refractivity contribution is 6.30. The number of hydrogen-bond donors (Lipinski definition) is 2. The molecule has 36 heavy (non-hydrogen) atoms. The first-order valence-electron chi connectivity index (χ1n) is 11.8. The number of aliphatic hydroxyl groups excluding tert-OH is 1. The van der Waals surface area contributed by atoms with Crippen LogP contribution in [0.3, 0.4) is 0 Å². The van der Waals surface area contributed by atoms with E-state index in [1.807, 2.05) is 42.5 Å². The van der Waals surface area contributed by atoms with Crippen LogP contribution in [0.15, 0.2) is 65.2 Å². The van der Waals surface area contributed by atoms with Crippen molar-refractivity contribution in [2.24, 2.45) is 0 Å². The fourth-order valence-corrected chi connectivity index (χ4v) is 3.89. The summed E-state index contributed by atoms with van der Waals surface area (Å²) < 4.78 is 11.1. The van der Waals surface area contributed by atoms with E-state index in [0.29, 0.717) is 23.1 Å². The molecule has 0 saturated heterocycles. The van der Waals surface area contributed by atoms with Crippen LogP contribution in [-0.4, -0.2) is 52.8 Å². The van der Waals surface area contributed by atoms with Crippen molar-refractivity contribution < 1.29 is 24.0 Å². The number of amides is 2. The van der Waals surface area contributed by atoms with Crippen molar-refractivity contribution in [1.82, 2.24) is 15.4 Å². The van der Waals surface area contributed by atoms with Gasteiger partial charge in [-0.05, 0) is 37.1 Å². The van der Waals surface area contributed by atoms with Crippen LogP contribution < -0.4 is 5.32 Å². The molecule has 2 amide bonds. The van der Waals surface area contributed by atoms with Crippen LogP contribution in [0.2, 0.25) is 5.02 Å². The molecule has 2 aromatic carbocycles. The van der Waals surface area contributed by atoms with E-state index in [4.69, 9.17) is 20.9 Å². The molecule has 0 spiro atoms. The monoisotopic (exact) mass is 513 g/mol. The van der Waals surface area contributed by atoms with Gasteiger partial charge in [-0.15, -0.1) is 0 Å². The van der Waals surface area contributed by atoms with Crippen LogP contribution in [0.5, 0.6) is 0 Å². The second-order valence-corrected chi connectivity index (χ2v) is 9.27. The van der Waals surface area contributed by atoms with Gasteiger partial charge in [0.1, 0.15) is 11.8 Å². The molecular weight excluding hydrogens is 482 g/mol. The minimum atomic E-state index is -0.898. The van der Waals surface area contributed by atoms with E-state index in [2.05, 4.69) is 10.5 Å². The summed E-state index contributed by atoms with van der Waals surface area (Å²) >= 11 is 6.06. The molecule has 8 nitrogen and oxygen atoms in total. The summed E-state index contributed by atoms with van der Waals surface area (Å²) in [5, 5.41) is 17.4. The van der Waals surface area contributed by atoms with E-state index in [-0.39, 0.29) is 25.4 Å². The number of aliphatic hydroxyl groups is 1. The van der Waals surface area contributed by atoms with Crippen LogP contribution in [0.4, 0.5) is 0 Å². The van der Waals surface area contributed by atoms with Gasteiger partial charge in [0.2, 0.25) is 11.8 Å². The van der Waals surface area contributed by atoms with E-state index in [1.165, 1.54) is 4.90 Å². The summed E-state index contributed by atoms with van der Waals surface area (Å²) in [5.74, 6) is -0.312. The number of benzene rings is 2. The third-order valence-electron chi connectivity index (χ3n) is 5.72. The second-order valence-electron chi connectivity index (χ2n) is 8.83. The van der Waals surface area contributed by atoms with Crippen LogP contribution in [-0.2, 0) is 27.4 Å². The van der Waals surface area contributed by atoms with Crippen LogP contribution in [0.25, 0.3) is 0 Å². The maximum absolute atomic E-state index is 13.4. The molecule has 3 atom stereocenters. The number of aromatic nitrogens is 1. The Labute approximate surface area is 216 Å². The molecule has 1 aromatic heterocycles. The summed E-state index contributed by atoms with van der Waals surface area (Å²) in [7, 11) is 1.54. The maximum atomic E-state index is 13.4. The van der Waals surface area contributed by atoms with E-state index < -0.39 is 24.1 Å². The quantitative estimate of drug-likeness (QED) is 0.381. The summed E-state index contributed by atoms with van der Waals surface area (Å²) in [4.78, 5) is 27.7. The highest BCUT2D eigenvalue weighted by Gasteiger charge is 2.30. The lowest BCUT2D eigenvalue weighted by molar-refractivity contribution is -0.140. The van der Waals surface area contributed by atoms with Gasteiger partial charge in [0, 0.05) is 24.6 Å². The molecule has 1 heterocycles. The maximum Gasteiger partial charge on any atom is 0.243 e. The lowest BCUT2D eigenvalue weighted by Gasteiger charge is -2.30. The molecule has 0 aliphatic heterocycles. The Kier molecular flexibility index (Phi) is 10.0. The van der Waals surface area contributed by atoms with Gasteiger partial charge < -0.3 is 24.6 Å². The molecule has 0 aliphatic carbocycles. The van der Waals surface area contributed by atoms with Crippen molar-refractivity contribution in [3.63, 3.8) is 0 Å². The third kappa shape index (κ3) is 8.19. The normalized spacial score (nSPS) is 13.6. The largest absolute Gasteiger partial charge is 0.393 e. The average Bonchev–Trinajstić information content (AvgIpc) is 3.26. The summed E-state index contributed by atoms with van der Waals surface area (Å²) in [6, 6.07) is 17.2. The first kappa shape index (κ1) is 27.4. The van der Waals surface area contributed by atoms with Crippen molar-refractivity contribution in [3.8, 4) is 0 Å². The predicted octanol–water partition coefficient (Wildman–Crippen LogP) is 3.85. The number of likely N-dealkylation sites (N-methyl/N-ethyl adjacent to an activating group) is 1. The van der Waals surface area contributed by atoms with Gasteiger partial charge in [-0.1, -0.05) is 59.2 Å². The smallest absolute Gasteiger partial charge is 0.243 e. The van der Waals surface area contributed by atoms with E-state index in [9.17, 15) is 14.7 Å². The Morgan fingerprint density at radius 2 is 1.86 bits per heavy atom. The van der Waals surface area contributed by atoms with Gasteiger partial charge in [0.25, 0.3) is 0 Å². The topological polar surface area (TPSA) is 105 Å². The average molecular weight is 514 g/mol. The van der Waals surface area contributed by atoms with E-state index in [0.717, 1.165) is 11.1 Å². The number of carbonyl (C=O) groups is 2. The van der Waals surface area contributed by atoms with Gasteiger partial charge in [0.05, 0.1) is 37.5 Å². The standard InChI is InChI=1S/C27H32ClN3O5/c1-18-13-23(36-30-18)15-26(33)31(3)25(14-19(2)32)27(34)29-24(21-9-11-22(28)12-10-21)17-35-16-20-7-5-4-6-8-20/h4-13,19,24-25,32H,14-17H2,1-3H3,(H,29,34)/t19-,24-,25-/m0/s1. The number of aryl methyl sites for hydroxylation is 1.